The summed E-state index contributed by atoms with van der Waals surface area (Å²) in [6.45, 7) is 2.98. The van der Waals surface area contributed by atoms with Gasteiger partial charge in [-0.25, -0.2) is 8.42 Å². The van der Waals surface area contributed by atoms with Crippen molar-refractivity contribution in [3.8, 4) is 0 Å². The Morgan fingerprint density at radius 2 is 1.76 bits per heavy atom. The smallest absolute Gasteiger partial charge is 0.257 e. The number of benzene rings is 2. The van der Waals surface area contributed by atoms with Gasteiger partial charge in [-0.2, -0.15) is 4.31 Å². The number of carbonyl (C=O) groups is 2. The predicted octanol–water partition coefficient (Wildman–Crippen LogP) is 3.11. The van der Waals surface area contributed by atoms with Gasteiger partial charge in [0.25, 0.3) is 11.8 Å². The van der Waals surface area contributed by atoms with Crippen molar-refractivity contribution in [2.75, 3.05) is 18.4 Å². The van der Waals surface area contributed by atoms with Gasteiger partial charge in [0, 0.05) is 13.1 Å². The van der Waals surface area contributed by atoms with Crippen LogP contribution in [0.25, 0.3) is 0 Å². The Bertz CT molecular complexity index is 1050. The van der Waals surface area contributed by atoms with Crippen molar-refractivity contribution < 1.29 is 18.0 Å². The number of amides is 2. The van der Waals surface area contributed by atoms with Gasteiger partial charge in [0.1, 0.15) is 0 Å². The molecule has 1 heterocycles. The fourth-order valence-electron chi connectivity index (χ4n) is 3.21. The van der Waals surface area contributed by atoms with Crippen LogP contribution in [-0.2, 0) is 10.0 Å². The van der Waals surface area contributed by atoms with Gasteiger partial charge >= 0.3 is 0 Å². The lowest BCUT2D eigenvalue weighted by molar-refractivity contribution is 0.100. The maximum absolute atomic E-state index is 13.0. The Balaban J connectivity index is 1.89. The van der Waals surface area contributed by atoms with E-state index in [0.717, 1.165) is 12.8 Å². The first-order valence-electron chi connectivity index (χ1n) is 9.20. The number of nitrogens with zero attached hydrogens (tertiary/aromatic N) is 1. The van der Waals surface area contributed by atoms with Gasteiger partial charge < -0.3 is 11.1 Å². The molecule has 1 aliphatic heterocycles. The van der Waals surface area contributed by atoms with Crippen LogP contribution in [0, 0.1) is 5.92 Å². The Kier molecular flexibility index (Phi) is 6.26. The van der Waals surface area contributed by atoms with Gasteiger partial charge in [-0.15, -0.1) is 0 Å². The molecule has 154 valence electrons. The summed E-state index contributed by atoms with van der Waals surface area (Å²) in [5, 5.41) is 2.68. The number of hydrogen-bond acceptors (Lipinski definition) is 4. The highest BCUT2D eigenvalue weighted by Crippen LogP contribution is 2.27. The second kappa shape index (κ2) is 8.52. The molecule has 2 aromatic rings. The van der Waals surface area contributed by atoms with Gasteiger partial charge in [0.05, 0.1) is 26.7 Å². The maximum atomic E-state index is 13.0. The third-order valence-corrected chi connectivity index (χ3v) is 7.23. The molecule has 2 amide bonds. The van der Waals surface area contributed by atoms with E-state index in [1.54, 1.807) is 12.1 Å². The first-order valence-corrected chi connectivity index (χ1v) is 11.0. The molecule has 0 spiro atoms. The minimum Gasteiger partial charge on any atom is -0.366 e. The number of anilines is 1. The van der Waals surface area contributed by atoms with Crippen molar-refractivity contribution in [2.45, 2.75) is 24.7 Å². The lowest BCUT2D eigenvalue weighted by Gasteiger charge is -2.29. The summed E-state index contributed by atoms with van der Waals surface area (Å²) in [7, 11) is -3.73. The molecule has 0 saturated carbocycles. The zero-order valence-corrected chi connectivity index (χ0v) is 17.5. The van der Waals surface area contributed by atoms with E-state index in [9.17, 15) is 18.0 Å². The third-order valence-electron chi connectivity index (χ3n) is 5.00. The zero-order chi connectivity index (χ0) is 21.2. The second-order valence-corrected chi connectivity index (χ2v) is 9.44. The van der Waals surface area contributed by atoms with Crippen molar-refractivity contribution >= 4 is 39.1 Å². The molecule has 7 nitrogen and oxygen atoms in total. The molecule has 2 aromatic carbocycles. The standard InChI is InChI=1S/C20H22ClN3O4S/c1-13-8-10-24(11-9-13)29(27,28)14-6-7-17(21)16(12-14)20(26)23-18-5-3-2-4-15(18)19(22)25/h2-7,12-13H,8-11H2,1H3,(H2,22,25)(H,23,26). The van der Waals surface area contributed by atoms with Crippen molar-refractivity contribution in [1.29, 1.82) is 0 Å². The SMILES string of the molecule is CC1CCN(S(=O)(=O)c2ccc(Cl)c(C(=O)Nc3ccccc3C(N)=O)c2)CC1. The molecule has 1 saturated heterocycles. The molecular formula is C20H22ClN3O4S. The average molecular weight is 436 g/mol. The summed E-state index contributed by atoms with van der Waals surface area (Å²) in [6.07, 6.45) is 1.59. The summed E-state index contributed by atoms with van der Waals surface area (Å²) in [4.78, 5) is 24.3. The highest BCUT2D eigenvalue weighted by molar-refractivity contribution is 7.89. The van der Waals surface area contributed by atoms with Gasteiger partial charge in [-0.05, 0) is 49.1 Å². The molecule has 0 aliphatic carbocycles. The Labute approximate surface area is 174 Å². The molecule has 0 aromatic heterocycles. The van der Waals surface area contributed by atoms with E-state index in [-0.39, 0.29) is 26.7 Å². The summed E-state index contributed by atoms with van der Waals surface area (Å²) >= 11 is 6.15. The monoisotopic (exact) mass is 435 g/mol. The van der Waals surface area contributed by atoms with Crippen molar-refractivity contribution in [2.24, 2.45) is 11.7 Å². The minimum atomic E-state index is -3.73. The first kappa shape index (κ1) is 21.3. The van der Waals surface area contributed by atoms with E-state index in [1.807, 2.05) is 0 Å². The summed E-state index contributed by atoms with van der Waals surface area (Å²) in [5.41, 5.74) is 5.69. The molecule has 0 unspecified atom stereocenters. The van der Waals surface area contributed by atoms with Gasteiger partial charge in [-0.1, -0.05) is 30.7 Å². The van der Waals surface area contributed by atoms with E-state index >= 15 is 0 Å². The van der Waals surface area contributed by atoms with Crippen LogP contribution in [0.3, 0.4) is 0 Å². The van der Waals surface area contributed by atoms with Crippen LogP contribution in [0.1, 0.15) is 40.5 Å². The highest BCUT2D eigenvalue weighted by atomic mass is 35.5. The van der Waals surface area contributed by atoms with Crippen LogP contribution in [0.4, 0.5) is 5.69 Å². The van der Waals surface area contributed by atoms with Crippen LogP contribution < -0.4 is 11.1 Å². The molecule has 0 radical (unpaired) electrons. The van der Waals surface area contributed by atoms with Crippen LogP contribution >= 0.6 is 11.6 Å². The number of piperidine rings is 1. The number of rotatable bonds is 5. The molecule has 0 atom stereocenters. The van der Waals surface area contributed by atoms with Gasteiger partial charge in [-0.3, -0.25) is 9.59 Å². The van der Waals surface area contributed by atoms with E-state index in [4.69, 9.17) is 17.3 Å². The lowest BCUT2D eigenvalue weighted by Crippen LogP contribution is -2.37. The number of nitrogens with one attached hydrogen (secondary N) is 1. The molecule has 3 N–H and O–H groups in total. The van der Waals surface area contributed by atoms with E-state index in [0.29, 0.717) is 19.0 Å². The molecule has 9 heteroatoms. The van der Waals surface area contributed by atoms with Gasteiger partial charge in [0.2, 0.25) is 10.0 Å². The summed E-state index contributed by atoms with van der Waals surface area (Å²) < 4.78 is 27.4. The van der Waals surface area contributed by atoms with E-state index in [2.05, 4.69) is 12.2 Å². The van der Waals surface area contributed by atoms with Crippen molar-refractivity contribution in [3.05, 3.63) is 58.6 Å². The summed E-state index contributed by atoms with van der Waals surface area (Å²) in [5.74, 6) is -0.839. The van der Waals surface area contributed by atoms with Crippen molar-refractivity contribution in [1.82, 2.24) is 4.31 Å². The Hall–Kier alpha value is -2.42. The normalized spacial score (nSPS) is 15.8. The fourth-order valence-corrected chi connectivity index (χ4v) is 4.91. The fraction of sp³-hybridized carbons (Fsp3) is 0.300. The second-order valence-electron chi connectivity index (χ2n) is 7.09. The van der Waals surface area contributed by atoms with Crippen LogP contribution in [0.2, 0.25) is 5.02 Å². The zero-order valence-electron chi connectivity index (χ0n) is 15.9. The Morgan fingerprint density at radius 1 is 1.10 bits per heavy atom. The number of halogens is 1. The average Bonchev–Trinajstić information content (AvgIpc) is 2.68. The largest absolute Gasteiger partial charge is 0.366 e. The number of hydrogen-bond donors (Lipinski definition) is 2. The van der Waals surface area contributed by atoms with Crippen LogP contribution in [0.15, 0.2) is 47.4 Å². The Morgan fingerprint density at radius 3 is 2.41 bits per heavy atom. The molecule has 1 fully saturated rings. The van der Waals surface area contributed by atoms with Crippen LogP contribution in [-0.4, -0.2) is 37.6 Å². The number of para-hydroxylation sites is 1. The number of primary amides is 1. The first-order chi connectivity index (χ1) is 13.7. The molecule has 3 rings (SSSR count). The number of nitrogens with two attached hydrogens (primary N) is 1. The minimum absolute atomic E-state index is 0.00241. The predicted molar refractivity (Wildman–Crippen MR) is 112 cm³/mol. The van der Waals surface area contributed by atoms with E-state index < -0.39 is 21.8 Å². The van der Waals surface area contributed by atoms with Crippen molar-refractivity contribution in [3.63, 3.8) is 0 Å². The lowest BCUT2D eigenvalue weighted by atomic mass is 10.0. The highest BCUT2D eigenvalue weighted by Gasteiger charge is 2.29. The molecular weight excluding hydrogens is 414 g/mol. The molecule has 29 heavy (non-hydrogen) atoms. The number of sulfonamides is 1. The molecule has 0 bridgehead atoms. The van der Waals surface area contributed by atoms with E-state index in [1.165, 1.54) is 34.6 Å². The van der Waals surface area contributed by atoms with Crippen LogP contribution in [0.5, 0.6) is 0 Å². The quantitative estimate of drug-likeness (QED) is 0.751. The maximum Gasteiger partial charge on any atom is 0.257 e. The van der Waals surface area contributed by atoms with Gasteiger partial charge in [0.15, 0.2) is 0 Å². The topological polar surface area (TPSA) is 110 Å². The summed E-state index contributed by atoms with van der Waals surface area (Å²) in [6, 6.07) is 10.3. The molecule has 1 aliphatic rings. The number of carbonyl (C=O) groups excluding carboxylic acids is 2. The third kappa shape index (κ3) is 4.60.